The van der Waals surface area contributed by atoms with Crippen LogP contribution in [-0.4, -0.2) is 0 Å². The molecule has 0 bridgehead atoms. The van der Waals surface area contributed by atoms with Gasteiger partial charge in [-0.25, -0.2) is 0 Å². The van der Waals surface area contributed by atoms with Crippen LogP contribution >= 0.6 is 0 Å². The third kappa shape index (κ3) is 2.54. The summed E-state index contributed by atoms with van der Waals surface area (Å²) in [7, 11) is 0. The number of benzene rings is 1. The van der Waals surface area contributed by atoms with Gasteiger partial charge in [0.1, 0.15) is 0 Å². The van der Waals surface area contributed by atoms with Crippen LogP contribution < -0.4 is 0 Å². The van der Waals surface area contributed by atoms with E-state index in [0.717, 1.165) is 17.8 Å². The third-order valence-corrected chi connectivity index (χ3v) is 6.69. The SMILES string of the molecule is Cc1ccc(C2CCC(C3(C)CCCC3C)CC2)cc1. The third-order valence-electron chi connectivity index (χ3n) is 6.69. The molecule has 20 heavy (non-hydrogen) atoms. The average Bonchev–Trinajstić information content (AvgIpc) is 2.81. The summed E-state index contributed by atoms with van der Waals surface area (Å²) in [6.45, 7) is 7.27. The lowest BCUT2D eigenvalue weighted by Gasteiger charge is -2.42. The van der Waals surface area contributed by atoms with Gasteiger partial charge in [0.25, 0.3) is 0 Å². The first kappa shape index (κ1) is 14.2. The van der Waals surface area contributed by atoms with Crippen LogP contribution in [0.1, 0.15) is 75.8 Å². The lowest BCUT2D eigenvalue weighted by Crippen LogP contribution is -2.32. The Labute approximate surface area is 125 Å². The number of aryl methyl sites for hydroxylation is 1. The van der Waals surface area contributed by atoms with Crippen LogP contribution in [0, 0.1) is 24.2 Å². The smallest absolute Gasteiger partial charge is 0.0162 e. The molecular formula is C20H30. The Balaban J connectivity index is 1.63. The lowest BCUT2D eigenvalue weighted by molar-refractivity contribution is 0.0921. The minimum absolute atomic E-state index is 0.651. The highest BCUT2D eigenvalue weighted by Crippen LogP contribution is 2.54. The van der Waals surface area contributed by atoms with E-state index in [0.29, 0.717) is 5.41 Å². The first-order chi connectivity index (χ1) is 9.59. The van der Waals surface area contributed by atoms with E-state index in [2.05, 4.69) is 45.0 Å². The molecule has 0 saturated heterocycles. The molecule has 0 radical (unpaired) electrons. The molecule has 0 spiro atoms. The van der Waals surface area contributed by atoms with Crippen molar-refractivity contribution in [1.82, 2.24) is 0 Å². The summed E-state index contributed by atoms with van der Waals surface area (Å²) >= 11 is 0. The van der Waals surface area contributed by atoms with E-state index in [1.807, 2.05) is 0 Å². The number of hydrogen-bond donors (Lipinski definition) is 0. The molecule has 0 amide bonds. The summed E-state index contributed by atoms with van der Waals surface area (Å²) in [6, 6.07) is 9.28. The predicted octanol–water partition coefficient (Wildman–Crippen LogP) is 6.10. The summed E-state index contributed by atoms with van der Waals surface area (Å²) in [4.78, 5) is 0. The van der Waals surface area contributed by atoms with Gasteiger partial charge in [-0.3, -0.25) is 0 Å². The molecule has 0 nitrogen and oxygen atoms in total. The van der Waals surface area contributed by atoms with Gasteiger partial charge in [-0.15, -0.1) is 0 Å². The van der Waals surface area contributed by atoms with Crippen LogP contribution in [0.15, 0.2) is 24.3 Å². The first-order valence-corrected chi connectivity index (χ1v) is 8.66. The molecule has 0 N–H and O–H groups in total. The second-order valence-corrected chi connectivity index (χ2v) is 7.76. The average molecular weight is 270 g/mol. The zero-order valence-electron chi connectivity index (χ0n) is 13.5. The molecular weight excluding hydrogens is 240 g/mol. The van der Waals surface area contributed by atoms with Crippen molar-refractivity contribution in [3.63, 3.8) is 0 Å². The maximum absolute atomic E-state index is 2.58. The first-order valence-electron chi connectivity index (χ1n) is 8.66. The molecule has 1 aromatic carbocycles. The van der Waals surface area contributed by atoms with Gasteiger partial charge in [-0.2, -0.15) is 0 Å². The fourth-order valence-corrected chi connectivity index (χ4v) is 4.90. The van der Waals surface area contributed by atoms with E-state index in [1.54, 1.807) is 5.56 Å². The van der Waals surface area contributed by atoms with Crippen molar-refractivity contribution < 1.29 is 0 Å². The maximum atomic E-state index is 2.58. The maximum Gasteiger partial charge on any atom is -0.0162 e. The molecule has 0 aromatic heterocycles. The van der Waals surface area contributed by atoms with Crippen LogP contribution in [0.25, 0.3) is 0 Å². The quantitative estimate of drug-likeness (QED) is 0.609. The van der Waals surface area contributed by atoms with Gasteiger partial charge >= 0.3 is 0 Å². The van der Waals surface area contributed by atoms with Crippen molar-refractivity contribution >= 4 is 0 Å². The Bertz CT molecular complexity index is 436. The molecule has 3 rings (SSSR count). The summed E-state index contributed by atoms with van der Waals surface area (Å²) in [5, 5.41) is 0. The zero-order valence-corrected chi connectivity index (χ0v) is 13.5. The van der Waals surface area contributed by atoms with Gasteiger partial charge in [0, 0.05) is 0 Å². The van der Waals surface area contributed by atoms with Crippen LogP contribution in [0.2, 0.25) is 0 Å². The molecule has 0 aliphatic heterocycles. The highest BCUT2D eigenvalue weighted by Gasteiger charge is 2.43. The normalized spacial score (nSPS) is 38.0. The lowest BCUT2D eigenvalue weighted by atomic mass is 9.63. The van der Waals surface area contributed by atoms with Crippen molar-refractivity contribution in [3.05, 3.63) is 35.4 Å². The molecule has 2 aliphatic rings. The molecule has 110 valence electrons. The largest absolute Gasteiger partial charge is 0.0620 e. The number of rotatable bonds is 2. The standard InChI is InChI=1S/C20H30/c1-15-6-8-17(9-7-15)18-10-12-19(13-11-18)20(3)14-4-5-16(20)2/h6-9,16,18-19H,4-5,10-14H2,1-3H3. The van der Waals surface area contributed by atoms with Gasteiger partial charge in [-0.05, 0) is 67.8 Å². The summed E-state index contributed by atoms with van der Waals surface area (Å²) in [6.07, 6.45) is 10.2. The van der Waals surface area contributed by atoms with E-state index in [1.165, 1.54) is 50.5 Å². The molecule has 2 saturated carbocycles. The highest BCUT2D eigenvalue weighted by atomic mass is 14.5. The molecule has 2 atom stereocenters. The minimum atomic E-state index is 0.651. The Hall–Kier alpha value is -0.780. The second-order valence-electron chi connectivity index (χ2n) is 7.76. The van der Waals surface area contributed by atoms with Crippen molar-refractivity contribution in [1.29, 1.82) is 0 Å². The molecule has 2 aliphatic carbocycles. The second kappa shape index (κ2) is 5.54. The van der Waals surface area contributed by atoms with Crippen LogP contribution in [0.5, 0.6) is 0 Å². The van der Waals surface area contributed by atoms with Crippen LogP contribution in [-0.2, 0) is 0 Å². The van der Waals surface area contributed by atoms with Gasteiger partial charge in [0.15, 0.2) is 0 Å². The Morgan fingerprint density at radius 2 is 1.60 bits per heavy atom. The van der Waals surface area contributed by atoms with E-state index in [9.17, 15) is 0 Å². The Morgan fingerprint density at radius 3 is 2.15 bits per heavy atom. The van der Waals surface area contributed by atoms with Crippen molar-refractivity contribution in [2.75, 3.05) is 0 Å². The fourth-order valence-electron chi connectivity index (χ4n) is 4.90. The topological polar surface area (TPSA) is 0 Å². The van der Waals surface area contributed by atoms with Crippen molar-refractivity contribution in [3.8, 4) is 0 Å². The summed E-state index contributed by atoms with van der Waals surface area (Å²) < 4.78 is 0. The molecule has 1 aromatic rings. The monoisotopic (exact) mass is 270 g/mol. The highest BCUT2D eigenvalue weighted by molar-refractivity contribution is 5.25. The zero-order chi connectivity index (χ0) is 14.2. The summed E-state index contributed by atoms with van der Waals surface area (Å²) in [5.74, 6) is 2.76. The van der Waals surface area contributed by atoms with Gasteiger partial charge in [0.2, 0.25) is 0 Å². The Morgan fingerprint density at radius 1 is 0.950 bits per heavy atom. The van der Waals surface area contributed by atoms with E-state index in [4.69, 9.17) is 0 Å². The fraction of sp³-hybridized carbons (Fsp3) is 0.700. The van der Waals surface area contributed by atoms with Gasteiger partial charge < -0.3 is 0 Å². The van der Waals surface area contributed by atoms with Crippen molar-refractivity contribution in [2.24, 2.45) is 17.3 Å². The molecule has 2 fully saturated rings. The molecule has 0 heterocycles. The van der Waals surface area contributed by atoms with Crippen LogP contribution in [0.3, 0.4) is 0 Å². The van der Waals surface area contributed by atoms with Crippen LogP contribution in [0.4, 0.5) is 0 Å². The minimum Gasteiger partial charge on any atom is -0.0620 e. The van der Waals surface area contributed by atoms with E-state index >= 15 is 0 Å². The Kier molecular flexibility index (Phi) is 3.93. The molecule has 2 unspecified atom stereocenters. The molecule has 0 heteroatoms. The number of hydrogen-bond acceptors (Lipinski definition) is 0. The van der Waals surface area contributed by atoms with E-state index in [-0.39, 0.29) is 0 Å². The van der Waals surface area contributed by atoms with E-state index < -0.39 is 0 Å². The summed E-state index contributed by atoms with van der Waals surface area (Å²) in [5.41, 5.74) is 3.62. The van der Waals surface area contributed by atoms with Gasteiger partial charge in [0.05, 0.1) is 0 Å². The van der Waals surface area contributed by atoms with Gasteiger partial charge in [-0.1, -0.05) is 56.5 Å². The van der Waals surface area contributed by atoms with Crippen molar-refractivity contribution in [2.45, 2.75) is 71.6 Å². The predicted molar refractivity (Wildman–Crippen MR) is 87.0 cm³/mol.